The highest BCUT2D eigenvalue weighted by atomic mass is 15.3. The first-order valence-electron chi connectivity index (χ1n) is 9.28. The average molecular weight is 338 g/mol. The number of aromatic nitrogens is 3. The van der Waals surface area contributed by atoms with E-state index < -0.39 is 0 Å². The molecule has 0 fully saturated rings. The van der Waals surface area contributed by atoms with Crippen LogP contribution in [0.15, 0.2) is 29.3 Å². The Labute approximate surface area is 148 Å². The standard InChI is InChI=1S/C19H26N6/c1-20-19(21-13-18-24-23-17-8-4-5-11-25(17)18)22-16-10-9-14-6-2-3-7-15(14)12-16/h2-3,6-7,16H,4-5,8-13H2,1H3,(H2,20,21,22). The van der Waals surface area contributed by atoms with Crippen molar-refractivity contribution in [3.8, 4) is 0 Å². The fourth-order valence-corrected chi connectivity index (χ4v) is 3.87. The van der Waals surface area contributed by atoms with Crippen molar-refractivity contribution in [2.45, 2.75) is 57.7 Å². The summed E-state index contributed by atoms with van der Waals surface area (Å²) < 4.78 is 2.25. The lowest BCUT2D eigenvalue weighted by Crippen LogP contribution is -2.45. The van der Waals surface area contributed by atoms with Crippen LogP contribution in [0.4, 0.5) is 0 Å². The molecule has 0 spiro atoms. The Balaban J connectivity index is 1.35. The molecule has 2 aliphatic rings. The van der Waals surface area contributed by atoms with E-state index in [1.807, 2.05) is 7.05 Å². The van der Waals surface area contributed by atoms with Crippen molar-refractivity contribution in [1.82, 2.24) is 25.4 Å². The number of aryl methyl sites for hydroxylation is 2. The van der Waals surface area contributed by atoms with Crippen LogP contribution >= 0.6 is 0 Å². The van der Waals surface area contributed by atoms with E-state index in [0.29, 0.717) is 12.6 Å². The van der Waals surface area contributed by atoms with Crippen molar-refractivity contribution in [2.75, 3.05) is 7.05 Å². The Morgan fingerprint density at radius 1 is 1.20 bits per heavy atom. The maximum atomic E-state index is 4.39. The Bertz CT molecular complexity index is 763. The number of fused-ring (bicyclic) bond motifs is 2. The highest BCUT2D eigenvalue weighted by Crippen LogP contribution is 2.21. The summed E-state index contributed by atoms with van der Waals surface area (Å²) in [5, 5.41) is 15.6. The molecule has 1 aromatic heterocycles. The zero-order valence-electron chi connectivity index (χ0n) is 14.8. The minimum absolute atomic E-state index is 0.424. The monoisotopic (exact) mass is 338 g/mol. The van der Waals surface area contributed by atoms with Crippen molar-refractivity contribution < 1.29 is 0 Å². The third-order valence-electron chi connectivity index (χ3n) is 5.26. The largest absolute Gasteiger partial charge is 0.353 e. The summed E-state index contributed by atoms with van der Waals surface area (Å²) in [5.41, 5.74) is 2.94. The van der Waals surface area contributed by atoms with Crippen LogP contribution in [-0.2, 0) is 32.4 Å². The Morgan fingerprint density at radius 3 is 2.96 bits per heavy atom. The Kier molecular flexibility index (Phi) is 4.68. The number of nitrogens with one attached hydrogen (secondary N) is 2. The molecule has 25 heavy (non-hydrogen) atoms. The summed E-state index contributed by atoms with van der Waals surface area (Å²) in [4.78, 5) is 4.39. The van der Waals surface area contributed by atoms with Gasteiger partial charge in [-0.25, -0.2) is 0 Å². The van der Waals surface area contributed by atoms with E-state index in [1.54, 1.807) is 0 Å². The fraction of sp³-hybridized carbons (Fsp3) is 0.526. The molecule has 0 saturated carbocycles. The number of hydrogen-bond donors (Lipinski definition) is 2. The first-order chi connectivity index (χ1) is 12.3. The van der Waals surface area contributed by atoms with Crippen molar-refractivity contribution in [3.05, 3.63) is 47.0 Å². The fourth-order valence-electron chi connectivity index (χ4n) is 3.87. The van der Waals surface area contributed by atoms with Crippen LogP contribution in [0.1, 0.15) is 42.0 Å². The van der Waals surface area contributed by atoms with Gasteiger partial charge in [-0.05, 0) is 43.2 Å². The van der Waals surface area contributed by atoms with Gasteiger partial charge in [0.2, 0.25) is 0 Å². The first kappa shape index (κ1) is 16.1. The minimum Gasteiger partial charge on any atom is -0.353 e. The summed E-state index contributed by atoms with van der Waals surface area (Å²) in [5.74, 6) is 2.97. The molecule has 1 aliphatic carbocycles. The molecule has 2 N–H and O–H groups in total. The lowest BCUT2D eigenvalue weighted by molar-refractivity contribution is 0.500. The predicted molar refractivity (Wildman–Crippen MR) is 98.5 cm³/mol. The Hall–Kier alpha value is -2.37. The van der Waals surface area contributed by atoms with Gasteiger partial charge < -0.3 is 15.2 Å². The van der Waals surface area contributed by atoms with Crippen LogP contribution in [0.3, 0.4) is 0 Å². The molecule has 1 atom stereocenters. The number of hydrogen-bond acceptors (Lipinski definition) is 3. The molecular formula is C19H26N6. The first-order valence-corrected chi connectivity index (χ1v) is 9.28. The topological polar surface area (TPSA) is 67.1 Å². The van der Waals surface area contributed by atoms with E-state index in [1.165, 1.54) is 24.0 Å². The molecule has 0 amide bonds. The van der Waals surface area contributed by atoms with Crippen molar-refractivity contribution in [1.29, 1.82) is 0 Å². The molecule has 0 bridgehead atoms. The molecule has 6 nitrogen and oxygen atoms in total. The summed E-state index contributed by atoms with van der Waals surface area (Å²) in [6.07, 6.45) is 6.80. The maximum Gasteiger partial charge on any atom is 0.191 e. The smallest absolute Gasteiger partial charge is 0.191 e. The molecule has 2 aromatic rings. The van der Waals surface area contributed by atoms with Gasteiger partial charge in [0.05, 0.1) is 6.54 Å². The number of guanidine groups is 1. The highest BCUT2D eigenvalue weighted by molar-refractivity contribution is 5.79. The SMILES string of the molecule is CN=C(NCc1nnc2n1CCCC2)NC1CCc2ccccc2C1. The number of nitrogens with zero attached hydrogens (tertiary/aromatic N) is 4. The van der Waals surface area contributed by atoms with E-state index in [2.05, 4.69) is 54.7 Å². The van der Waals surface area contributed by atoms with E-state index in [4.69, 9.17) is 0 Å². The average Bonchev–Trinajstić information content (AvgIpc) is 3.08. The normalized spacial score (nSPS) is 19.9. The quantitative estimate of drug-likeness (QED) is 0.662. The maximum absolute atomic E-state index is 4.39. The molecule has 0 saturated heterocycles. The number of aliphatic imine (C=N–C) groups is 1. The van der Waals surface area contributed by atoms with Gasteiger partial charge in [0.25, 0.3) is 0 Å². The second-order valence-corrected chi connectivity index (χ2v) is 6.92. The van der Waals surface area contributed by atoms with Crippen molar-refractivity contribution in [3.63, 3.8) is 0 Å². The van der Waals surface area contributed by atoms with Gasteiger partial charge in [0.15, 0.2) is 11.8 Å². The number of rotatable bonds is 3. The summed E-state index contributed by atoms with van der Waals surface area (Å²) >= 11 is 0. The molecule has 1 unspecified atom stereocenters. The highest BCUT2D eigenvalue weighted by Gasteiger charge is 2.20. The summed E-state index contributed by atoms with van der Waals surface area (Å²) in [6, 6.07) is 9.16. The lowest BCUT2D eigenvalue weighted by Gasteiger charge is -2.27. The van der Waals surface area contributed by atoms with E-state index in [-0.39, 0.29) is 0 Å². The van der Waals surface area contributed by atoms with Crippen LogP contribution in [0, 0.1) is 0 Å². The van der Waals surface area contributed by atoms with Crippen LogP contribution < -0.4 is 10.6 Å². The predicted octanol–water partition coefficient (Wildman–Crippen LogP) is 1.84. The second-order valence-electron chi connectivity index (χ2n) is 6.92. The zero-order chi connectivity index (χ0) is 17.1. The van der Waals surface area contributed by atoms with Crippen molar-refractivity contribution >= 4 is 5.96 Å². The molecule has 132 valence electrons. The molecule has 2 heterocycles. The van der Waals surface area contributed by atoms with Crippen LogP contribution in [-0.4, -0.2) is 33.8 Å². The van der Waals surface area contributed by atoms with Crippen LogP contribution in [0.25, 0.3) is 0 Å². The molecule has 6 heteroatoms. The third kappa shape index (κ3) is 3.52. The zero-order valence-corrected chi connectivity index (χ0v) is 14.8. The van der Waals surface area contributed by atoms with Gasteiger partial charge in [0.1, 0.15) is 5.82 Å². The van der Waals surface area contributed by atoms with Gasteiger partial charge in [-0.3, -0.25) is 4.99 Å². The summed E-state index contributed by atoms with van der Waals surface area (Å²) in [7, 11) is 1.82. The van der Waals surface area contributed by atoms with Gasteiger partial charge in [-0.15, -0.1) is 10.2 Å². The minimum atomic E-state index is 0.424. The third-order valence-corrected chi connectivity index (χ3v) is 5.26. The van der Waals surface area contributed by atoms with Gasteiger partial charge in [0, 0.05) is 26.1 Å². The molecule has 0 radical (unpaired) electrons. The summed E-state index contributed by atoms with van der Waals surface area (Å²) in [6.45, 7) is 1.70. The van der Waals surface area contributed by atoms with Crippen LogP contribution in [0.2, 0.25) is 0 Å². The van der Waals surface area contributed by atoms with Crippen molar-refractivity contribution in [2.24, 2.45) is 4.99 Å². The van der Waals surface area contributed by atoms with Gasteiger partial charge >= 0.3 is 0 Å². The molecular weight excluding hydrogens is 312 g/mol. The Morgan fingerprint density at radius 2 is 2.08 bits per heavy atom. The molecule has 1 aliphatic heterocycles. The van der Waals surface area contributed by atoms with E-state index in [0.717, 1.165) is 49.8 Å². The van der Waals surface area contributed by atoms with E-state index >= 15 is 0 Å². The van der Waals surface area contributed by atoms with Gasteiger partial charge in [-0.1, -0.05) is 24.3 Å². The lowest BCUT2D eigenvalue weighted by atomic mass is 9.88. The van der Waals surface area contributed by atoms with E-state index in [9.17, 15) is 0 Å². The molecule has 1 aromatic carbocycles. The van der Waals surface area contributed by atoms with Gasteiger partial charge in [-0.2, -0.15) is 0 Å². The van der Waals surface area contributed by atoms with Crippen LogP contribution in [0.5, 0.6) is 0 Å². The molecule has 4 rings (SSSR count). The second kappa shape index (κ2) is 7.25. The number of benzene rings is 1.